The van der Waals surface area contributed by atoms with Crippen LogP contribution in [-0.2, 0) is 4.79 Å². The Balaban J connectivity index is 1.70. The second-order valence-corrected chi connectivity index (χ2v) is 8.27. The van der Waals surface area contributed by atoms with Gasteiger partial charge in [0, 0.05) is 47.8 Å². The molecule has 0 bridgehead atoms. The van der Waals surface area contributed by atoms with Gasteiger partial charge in [-0.25, -0.2) is 0 Å². The minimum Gasteiger partial charge on any atom is -0.337 e. The van der Waals surface area contributed by atoms with Gasteiger partial charge >= 0.3 is 0 Å². The van der Waals surface area contributed by atoms with Crippen LogP contribution in [0, 0.1) is 12.8 Å². The van der Waals surface area contributed by atoms with E-state index in [0.29, 0.717) is 5.56 Å². The third-order valence-corrected chi connectivity index (χ3v) is 6.07. The van der Waals surface area contributed by atoms with Gasteiger partial charge in [-0.1, -0.05) is 12.5 Å². The number of carbonyl (C=O) groups excluding carboxylic acids is 2. The molecule has 2 unspecified atom stereocenters. The van der Waals surface area contributed by atoms with Crippen molar-refractivity contribution in [1.29, 1.82) is 0 Å². The fraction of sp³-hybridized carbons (Fsp3) is 0.579. The van der Waals surface area contributed by atoms with E-state index in [0.717, 1.165) is 61.5 Å². The fourth-order valence-corrected chi connectivity index (χ4v) is 4.44. The number of aryl methyl sites for hydroxylation is 1. The van der Waals surface area contributed by atoms with Crippen LogP contribution in [0.4, 0.5) is 5.69 Å². The molecule has 1 aromatic rings. The summed E-state index contributed by atoms with van der Waals surface area (Å²) in [7, 11) is 0. The van der Waals surface area contributed by atoms with E-state index in [4.69, 9.17) is 5.73 Å². The highest BCUT2D eigenvalue weighted by Crippen LogP contribution is 2.26. The Kier molecular flexibility index (Phi) is 6.02. The van der Waals surface area contributed by atoms with Gasteiger partial charge in [0.1, 0.15) is 0 Å². The van der Waals surface area contributed by atoms with Crippen molar-refractivity contribution >= 4 is 29.3 Å². The lowest BCUT2D eigenvalue weighted by Gasteiger charge is -2.27. The van der Waals surface area contributed by atoms with E-state index < -0.39 is 0 Å². The maximum absolute atomic E-state index is 12.7. The highest BCUT2D eigenvalue weighted by atomic mass is 32.2. The number of nitrogens with two attached hydrogens (primary N) is 1. The molecule has 6 heteroatoms. The van der Waals surface area contributed by atoms with Crippen molar-refractivity contribution in [3.8, 4) is 0 Å². The zero-order valence-electron chi connectivity index (χ0n) is 14.8. The molecule has 5 nitrogen and oxygen atoms in total. The standard InChI is InChI=1S/C19H27N3O2S/c1-13-5-6-15(19(24)22-7-9-25-10-8-22)12-17(13)21-18(23)14-3-2-4-16(20)11-14/h5-6,12,14,16H,2-4,7-11,20H2,1H3,(H,21,23). The second kappa shape index (κ2) is 8.23. The smallest absolute Gasteiger partial charge is 0.253 e. The summed E-state index contributed by atoms with van der Waals surface area (Å²) in [5.74, 6) is 2.03. The van der Waals surface area contributed by atoms with Crippen LogP contribution < -0.4 is 11.1 Å². The topological polar surface area (TPSA) is 75.4 Å². The minimum absolute atomic E-state index is 0.0252. The van der Waals surface area contributed by atoms with E-state index in [-0.39, 0.29) is 23.8 Å². The fourth-order valence-electron chi connectivity index (χ4n) is 3.54. The van der Waals surface area contributed by atoms with E-state index in [9.17, 15) is 9.59 Å². The molecule has 0 aromatic heterocycles. The maximum Gasteiger partial charge on any atom is 0.253 e. The molecule has 25 heavy (non-hydrogen) atoms. The summed E-state index contributed by atoms with van der Waals surface area (Å²) in [5.41, 5.74) is 8.36. The number of benzene rings is 1. The monoisotopic (exact) mass is 361 g/mol. The van der Waals surface area contributed by atoms with Crippen LogP contribution in [0.25, 0.3) is 0 Å². The number of hydrogen-bond acceptors (Lipinski definition) is 4. The molecule has 1 saturated heterocycles. The van der Waals surface area contributed by atoms with Crippen LogP contribution in [-0.4, -0.2) is 47.4 Å². The third kappa shape index (κ3) is 4.55. The molecule has 0 radical (unpaired) electrons. The Morgan fingerprint density at radius 3 is 2.72 bits per heavy atom. The second-order valence-electron chi connectivity index (χ2n) is 7.05. The van der Waals surface area contributed by atoms with Crippen LogP contribution >= 0.6 is 11.8 Å². The number of hydrogen-bond donors (Lipinski definition) is 2. The average Bonchev–Trinajstić information content (AvgIpc) is 2.63. The molecule has 1 aliphatic carbocycles. The number of anilines is 1. The van der Waals surface area contributed by atoms with Gasteiger partial charge in [-0.2, -0.15) is 11.8 Å². The predicted molar refractivity (Wildman–Crippen MR) is 103 cm³/mol. The van der Waals surface area contributed by atoms with Crippen molar-refractivity contribution in [1.82, 2.24) is 4.90 Å². The molecule has 2 aliphatic rings. The Hall–Kier alpha value is -1.53. The Labute approximate surface area is 153 Å². The van der Waals surface area contributed by atoms with Gasteiger partial charge in [0.15, 0.2) is 0 Å². The zero-order valence-corrected chi connectivity index (χ0v) is 15.6. The first kappa shape index (κ1) is 18.3. The maximum atomic E-state index is 12.7. The number of carbonyl (C=O) groups is 2. The molecular weight excluding hydrogens is 334 g/mol. The number of nitrogens with one attached hydrogen (secondary N) is 1. The molecule has 2 atom stereocenters. The van der Waals surface area contributed by atoms with Crippen molar-refractivity contribution in [2.45, 2.75) is 38.6 Å². The summed E-state index contributed by atoms with van der Waals surface area (Å²) in [4.78, 5) is 27.2. The van der Waals surface area contributed by atoms with Gasteiger partial charge in [0.25, 0.3) is 5.91 Å². The first-order chi connectivity index (χ1) is 12.0. The zero-order chi connectivity index (χ0) is 17.8. The summed E-state index contributed by atoms with van der Waals surface area (Å²) in [6.45, 7) is 3.53. The molecule has 136 valence electrons. The van der Waals surface area contributed by atoms with Crippen molar-refractivity contribution in [2.24, 2.45) is 11.7 Å². The van der Waals surface area contributed by atoms with Gasteiger partial charge in [-0.05, 0) is 43.9 Å². The molecule has 3 N–H and O–H groups in total. The SMILES string of the molecule is Cc1ccc(C(=O)N2CCSCC2)cc1NC(=O)C1CCCC(N)C1. The summed E-state index contributed by atoms with van der Waals surface area (Å²) in [6.07, 6.45) is 3.64. The van der Waals surface area contributed by atoms with Crippen LogP contribution in [0.1, 0.15) is 41.6 Å². The average molecular weight is 362 g/mol. The Morgan fingerprint density at radius 1 is 1.24 bits per heavy atom. The lowest BCUT2D eigenvalue weighted by molar-refractivity contribution is -0.120. The highest BCUT2D eigenvalue weighted by molar-refractivity contribution is 7.99. The molecule has 2 fully saturated rings. The van der Waals surface area contributed by atoms with Crippen LogP contribution in [0.3, 0.4) is 0 Å². The number of nitrogens with zero attached hydrogens (tertiary/aromatic N) is 1. The lowest BCUT2D eigenvalue weighted by atomic mass is 9.85. The Bertz CT molecular complexity index is 644. The van der Waals surface area contributed by atoms with Gasteiger partial charge in [-0.3, -0.25) is 9.59 Å². The summed E-state index contributed by atoms with van der Waals surface area (Å²) >= 11 is 1.88. The molecule has 1 aliphatic heterocycles. The van der Waals surface area contributed by atoms with Crippen LogP contribution in [0.5, 0.6) is 0 Å². The third-order valence-electron chi connectivity index (χ3n) is 5.13. The number of thioether (sulfide) groups is 1. The first-order valence-corrected chi connectivity index (χ1v) is 10.2. The van der Waals surface area contributed by atoms with E-state index in [1.807, 2.05) is 41.8 Å². The van der Waals surface area contributed by atoms with Crippen LogP contribution in [0.2, 0.25) is 0 Å². The van der Waals surface area contributed by atoms with E-state index >= 15 is 0 Å². The van der Waals surface area contributed by atoms with E-state index in [1.54, 1.807) is 0 Å². The van der Waals surface area contributed by atoms with Crippen molar-refractivity contribution < 1.29 is 9.59 Å². The minimum atomic E-state index is -0.0263. The first-order valence-electron chi connectivity index (χ1n) is 9.08. The largest absolute Gasteiger partial charge is 0.337 e. The van der Waals surface area contributed by atoms with Gasteiger partial charge in [0.05, 0.1) is 0 Å². The van der Waals surface area contributed by atoms with Crippen LogP contribution in [0.15, 0.2) is 18.2 Å². The Morgan fingerprint density at radius 2 is 2.00 bits per heavy atom. The van der Waals surface area contributed by atoms with E-state index in [1.165, 1.54) is 0 Å². The van der Waals surface area contributed by atoms with Gasteiger partial charge < -0.3 is 16.0 Å². The van der Waals surface area contributed by atoms with E-state index in [2.05, 4.69) is 5.32 Å². The van der Waals surface area contributed by atoms with Crippen molar-refractivity contribution in [3.05, 3.63) is 29.3 Å². The number of rotatable bonds is 3. The summed E-state index contributed by atoms with van der Waals surface area (Å²) in [5, 5.41) is 3.03. The summed E-state index contributed by atoms with van der Waals surface area (Å²) in [6, 6.07) is 5.70. The number of amides is 2. The molecular formula is C19H27N3O2S. The summed E-state index contributed by atoms with van der Waals surface area (Å²) < 4.78 is 0. The highest BCUT2D eigenvalue weighted by Gasteiger charge is 2.26. The van der Waals surface area contributed by atoms with Gasteiger partial charge in [0.2, 0.25) is 5.91 Å². The predicted octanol–water partition coefficient (Wildman–Crippen LogP) is 2.64. The molecule has 1 aromatic carbocycles. The molecule has 0 spiro atoms. The quantitative estimate of drug-likeness (QED) is 0.868. The lowest BCUT2D eigenvalue weighted by Crippen LogP contribution is -2.38. The molecule has 1 heterocycles. The molecule has 3 rings (SSSR count). The molecule has 1 saturated carbocycles. The molecule has 2 amide bonds. The normalized spacial score (nSPS) is 24.0. The van der Waals surface area contributed by atoms with Crippen molar-refractivity contribution in [2.75, 3.05) is 29.9 Å². The van der Waals surface area contributed by atoms with Gasteiger partial charge in [-0.15, -0.1) is 0 Å². The van der Waals surface area contributed by atoms with Crippen molar-refractivity contribution in [3.63, 3.8) is 0 Å².